The van der Waals surface area contributed by atoms with E-state index in [2.05, 4.69) is 10.1 Å². The van der Waals surface area contributed by atoms with Crippen LogP contribution in [0.15, 0.2) is 22.6 Å². The number of thiophene rings is 1. The molecule has 19 heavy (non-hydrogen) atoms. The van der Waals surface area contributed by atoms with Gasteiger partial charge in [-0.1, -0.05) is 0 Å². The predicted octanol–water partition coefficient (Wildman–Crippen LogP) is 3.00. The number of carbonyl (C=O) groups is 2. The molecule has 6 heteroatoms. The van der Waals surface area contributed by atoms with Crippen LogP contribution in [0.2, 0.25) is 0 Å². The standard InChI is InChI=1S/C13H13NO4S/c1-7-4-5-10(18-7)11(15)14-12-9(13(16)17-3)6-8(2)19-12/h4-6H,1-3H3,(H,14,15). The zero-order chi connectivity index (χ0) is 14.0. The Morgan fingerprint density at radius 3 is 2.63 bits per heavy atom. The van der Waals surface area contributed by atoms with E-state index in [-0.39, 0.29) is 11.7 Å². The summed E-state index contributed by atoms with van der Waals surface area (Å²) in [5.74, 6) is -0.00421. The number of carbonyl (C=O) groups excluding carboxylic acids is 2. The molecule has 0 saturated carbocycles. The van der Waals surface area contributed by atoms with E-state index in [4.69, 9.17) is 4.42 Å². The molecule has 0 radical (unpaired) electrons. The summed E-state index contributed by atoms with van der Waals surface area (Å²) < 4.78 is 9.90. The quantitative estimate of drug-likeness (QED) is 0.877. The molecule has 100 valence electrons. The fourth-order valence-electron chi connectivity index (χ4n) is 1.59. The van der Waals surface area contributed by atoms with E-state index in [1.165, 1.54) is 18.4 Å². The molecule has 5 nitrogen and oxygen atoms in total. The van der Waals surface area contributed by atoms with Crippen LogP contribution in [0.1, 0.15) is 31.6 Å². The third-order valence-corrected chi connectivity index (χ3v) is 3.42. The number of furan rings is 1. The Kier molecular flexibility index (Phi) is 3.71. The van der Waals surface area contributed by atoms with Crippen molar-refractivity contribution in [2.75, 3.05) is 12.4 Å². The second kappa shape index (κ2) is 5.27. The molecule has 0 saturated heterocycles. The fourth-order valence-corrected chi connectivity index (χ4v) is 2.48. The summed E-state index contributed by atoms with van der Waals surface area (Å²) in [6.45, 7) is 3.61. The summed E-state index contributed by atoms with van der Waals surface area (Å²) in [4.78, 5) is 24.4. The molecule has 2 heterocycles. The third kappa shape index (κ3) is 2.85. The van der Waals surface area contributed by atoms with Crippen LogP contribution in [0.5, 0.6) is 0 Å². The zero-order valence-electron chi connectivity index (χ0n) is 10.8. The second-order valence-electron chi connectivity index (χ2n) is 3.96. The van der Waals surface area contributed by atoms with Crippen LogP contribution in [0.4, 0.5) is 5.00 Å². The number of hydrogen-bond donors (Lipinski definition) is 1. The smallest absolute Gasteiger partial charge is 0.340 e. The van der Waals surface area contributed by atoms with Gasteiger partial charge in [0.25, 0.3) is 5.91 Å². The van der Waals surface area contributed by atoms with Crippen molar-refractivity contribution in [2.45, 2.75) is 13.8 Å². The SMILES string of the molecule is COC(=O)c1cc(C)sc1NC(=O)c1ccc(C)o1. The van der Waals surface area contributed by atoms with Crippen LogP contribution in [0.25, 0.3) is 0 Å². The monoisotopic (exact) mass is 279 g/mol. The molecule has 1 N–H and O–H groups in total. The average Bonchev–Trinajstić information content (AvgIpc) is 2.95. The Balaban J connectivity index is 2.24. The Hall–Kier alpha value is -2.08. The number of aryl methyl sites for hydroxylation is 2. The van der Waals surface area contributed by atoms with E-state index in [1.54, 1.807) is 25.1 Å². The van der Waals surface area contributed by atoms with Gasteiger partial charge in [0.1, 0.15) is 10.8 Å². The summed E-state index contributed by atoms with van der Waals surface area (Å²) in [6, 6.07) is 4.97. The normalized spacial score (nSPS) is 10.3. The molecule has 0 aliphatic carbocycles. The molecule has 0 aliphatic rings. The molecule has 0 fully saturated rings. The third-order valence-electron chi connectivity index (χ3n) is 2.45. The number of nitrogens with one attached hydrogen (secondary N) is 1. The Morgan fingerprint density at radius 1 is 1.32 bits per heavy atom. The Labute approximate surface area is 114 Å². The molecule has 0 spiro atoms. The van der Waals surface area contributed by atoms with E-state index < -0.39 is 5.97 Å². The Bertz CT molecular complexity index is 626. The van der Waals surface area contributed by atoms with E-state index in [1.807, 2.05) is 6.92 Å². The first kappa shape index (κ1) is 13.4. The van der Waals surface area contributed by atoms with E-state index in [0.29, 0.717) is 16.3 Å². The van der Waals surface area contributed by atoms with E-state index in [0.717, 1.165) is 4.88 Å². The summed E-state index contributed by atoms with van der Waals surface area (Å²) in [7, 11) is 1.30. The largest absolute Gasteiger partial charge is 0.465 e. The van der Waals surface area contributed by atoms with E-state index in [9.17, 15) is 9.59 Å². The topological polar surface area (TPSA) is 68.5 Å². The van der Waals surface area contributed by atoms with Gasteiger partial charge in [-0.2, -0.15) is 0 Å². The number of hydrogen-bond acceptors (Lipinski definition) is 5. The van der Waals surface area contributed by atoms with E-state index >= 15 is 0 Å². The maximum Gasteiger partial charge on any atom is 0.340 e. The highest BCUT2D eigenvalue weighted by molar-refractivity contribution is 7.16. The zero-order valence-corrected chi connectivity index (χ0v) is 11.6. The van der Waals surface area contributed by atoms with Gasteiger partial charge in [-0.15, -0.1) is 11.3 Å². The van der Waals surface area contributed by atoms with Crippen LogP contribution >= 0.6 is 11.3 Å². The molecule has 2 rings (SSSR count). The molecular weight excluding hydrogens is 266 g/mol. The first-order valence-corrected chi connectivity index (χ1v) is 6.39. The Morgan fingerprint density at radius 2 is 2.05 bits per heavy atom. The summed E-state index contributed by atoms with van der Waals surface area (Å²) in [5, 5.41) is 3.12. The minimum Gasteiger partial charge on any atom is -0.465 e. The molecular formula is C13H13NO4S. The van der Waals surface area contributed by atoms with Crippen molar-refractivity contribution in [3.05, 3.63) is 40.2 Å². The number of anilines is 1. The molecule has 1 amide bonds. The van der Waals surface area contributed by atoms with Gasteiger partial charge in [-0.05, 0) is 32.0 Å². The van der Waals surface area contributed by atoms with Gasteiger partial charge in [0.05, 0.1) is 12.7 Å². The summed E-state index contributed by atoms with van der Waals surface area (Å²) >= 11 is 1.31. The average molecular weight is 279 g/mol. The van der Waals surface area contributed by atoms with Gasteiger partial charge >= 0.3 is 5.97 Å². The second-order valence-corrected chi connectivity index (χ2v) is 5.21. The van der Waals surface area contributed by atoms with Crippen molar-refractivity contribution < 1.29 is 18.7 Å². The number of esters is 1. The maximum absolute atomic E-state index is 11.9. The highest BCUT2D eigenvalue weighted by Gasteiger charge is 2.19. The van der Waals surface area contributed by atoms with Gasteiger partial charge in [0.2, 0.25) is 0 Å². The van der Waals surface area contributed by atoms with Crippen molar-refractivity contribution >= 4 is 28.2 Å². The van der Waals surface area contributed by atoms with Gasteiger partial charge in [0.15, 0.2) is 5.76 Å². The number of amides is 1. The lowest BCUT2D eigenvalue weighted by atomic mass is 10.3. The lowest BCUT2D eigenvalue weighted by Crippen LogP contribution is -2.12. The maximum atomic E-state index is 11.9. The van der Waals surface area contributed by atoms with Crippen LogP contribution in [-0.2, 0) is 4.74 Å². The molecule has 0 aromatic carbocycles. The van der Waals surface area contributed by atoms with Crippen molar-refractivity contribution in [1.82, 2.24) is 0 Å². The van der Waals surface area contributed by atoms with Crippen molar-refractivity contribution in [3.8, 4) is 0 Å². The number of methoxy groups -OCH3 is 1. The highest BCUT2D eigenvalue weighted by atomic mass is 32.1. The van der Waals surface area contributed by atoms with Crippen LogP contribution in [-0.4, -0.2) is 19.0 Å². The molecule has 0 unspecified atom stereocenters. The first-order chi connectivity index (χ1) is 9.01. The molecule has 2 aromatic rings. The van der Waals surface area contributed by atoms with Gasteiger partial charge in [0, 0.05) is 4.88 Å². The predicted molar refractivity (Wildman–Crippen MR) is 71.8 cm³/mol. The van der Waals surface area contributed by atoms with Crippen LogP contribution in [0.3, 0.4) is 0 Å². The molecule has 2 aromatic heterocycles. The molecule has 0 bridgehead atoms. The first-order valence-electron chi connectivity index (χ1n) is 5.58. The van der Waals surface area contributed by atoms with Gasteiger partial charge in [-0.3, -0.25) is 4.79 Å². The molecule has 0 aliphatic heterocycles. The highest BCUT2D eigenvalue weighted by Crippen LogP contribution is 2.28. The van der Waals surface area contributed by atoms with Crippen molar-refractivity contribution in [2.24, 2.45) is 0 Å². The molecule has 0 atom stereocenters. The van der Waals surface area contributed by atoms with Crippen LogP contribution < -0.4 is 5.32 Å². The van der Waals surface area contributed by atoms with Gasteiger partial charge in [-0.25, -0.2) is 4.79 Å². The minimum absolute atomic E-state index is 0.208. The summed E-state index contributed by atoms with van der Waals surface area (Å²) in [6.07, 6.45) is 0. The lowest BCUT2D eigenvalue weighted by Gasteiger charge is -2.03. The lowest BCUT2D eigenvalue weighted by molar-refractivity contribution is 0.0602. The van der Waals surface area contributed by atoms with Crippen LogP contribution in [0, 0.1) is 13.8 Å². The van der Waals surface area contributed by atoms with Crippen molar-refractivity contribution in [1.29, 1.82) is 0 Å². The minimum atomic E-state index is -0.477. The van der Waals surface area contributed by atoms with Gasteiger partial charge < -0.3 is 14.5 Å². The van der Waals surface area contributed by atoms with Crippen molar-refractivity contribution in [3.63, 3.8) is 0 Å². The fraction of sp³-hybridized carbons (Fsp3) is 0.231. The summed E-state index contributed by atoms with van der Waals surface area (Å²) in [5.41, 5.74) is 0.349. The number of rotatable bonds is 3. The number of ether oxygens (including phenoxy) is 1.